The number of aromatic nitrogens is 3. The Balaban J connectivity index is 1.66. The number of hydrogen-bond donors (Lipinski definition) is 0. The quantitative estimate of drug-likeness (QED) is 0.247. The second-order valence-electron chi connectivity index (χ2n) is 9.52. The Labute approximate surface area is 209 Å². The van der Waals surface area contributed by atoms with E-state index in [0.717, 1.165) is 61.2 Å². The minimum absolute atomic E-state index is 0.653. The molecule has 4 rings (SSSR count). The van der Waals surface area contributed by atoms with Gasteiger partial charge in [-0.2, -0.15) is 0 Å². The number of allylic oxidation sites excluding steroid dienone is 1. The predicted molar refractivity (Wildman–Crippen MR) is 143 cm³/mol. The first-order valence-corrected chi connectivity index (χ1v) is 12.8. The summed E-state index contributed by atoms with van der Waals surface area (Å²) < 4.78 is 4.05. The lowest BCUT2D eigenvalue weighted by Crippen LogP contribution is -2.43. The van der Waals surface area contributed by atoms with Crippen molar-refractivity contribution in [2.45, 2.75) is 66.2 Å². The fraction of sp³-hybridized carbons (Fsp3) is 0.367. The SMILES string of the molecule is CCCC(=Nc1c[n+](N=Cc2cnccc2CCC)ccc1C)[n+]1ccc2c(c1)CC(C)CC=C2. The molecule has 5 nitrogen and oxygen atoms in total. The Morgan fingerprint density at radius 1 is 1.14 bits per heavy atom. The third kappa shape index (κ3) is 6.36. The smallest absolute Gasteiger partial charge is 0.264 e. The van der Waals surface area contributed by atoms with Gasteiger partial charge in [-0.3, -0.25) is 4.98 Å². The van der Waals surface area contributed by atoms with Crippen LogP contribution in [0.1, 0.15) is 74.3 Å². The van der Waals surface area contributed by atoms with E-state index in [-0.39, 0.29) is 0 Å². The number of pyridine rings is 3. The summed E-state index contributed by atoms with van der Waals surface area (Å²) in [6.07, 6.45) is 24.9. The molecular weight excluding hydrogens is 430 g/mol. The monoisotopic (exact) mass is 467 g/mol. The highest BCUT2D eigenvalue weighted by Gasteiger charge is 2.19. The fourth-order valence-corrected chi connectivity index (χ4v) is 4.45. The van der Waals surface area contributed by atoms with Crippen molar-refractivity contribution in [3.8, 4) is 0 Å². The summed E-state index contributed by atoms with van der Waals surface area (Å²) in [4.78, 5) is 9.40. The molecule has 35 heavy (non-hydrogen) atoms. The van der Waals surface area contributed by atoms with E-state index in [1.807, 2.05) is 35.7 Å². The van der Waals surface area contributed by atoms with Crippen molar-refractivity contribution in [3.63, 3.8) is 0 Å². The summed E-state index contributed by atoms with van der Waals surface area (Å²) in [7, 11) is 0. The van der Waals surface area contributed by atoms with E-state index in [1.54, 1.807) is 0 Å². The van der Waals surface area contributed by atoms with Crippen LogP contribution in [0, 0.1) is 12.8 Å². The zero-order valence-corrected chi connectivity index (χ0v) is 21.5. The molecule has 1 aliphatic rings. The van der Waals surface area contributed by atoms with Crippen molar-refractivity contribution in [2.75, 3.05) is 0 Å². The lowest BCUT2D eigenvalue weighted by molar-refractivity contribution is -0.677. The molecular formula is C30H37N5+2. The molecule has 0 aromatic carbocycles. The van der Waals surface area contributed by atoms with Crippen LogP contribution in [-0.2, 0) is 12.8 Å². The van der Waals surface area contributed by atoms with Gasteiger partial charge < -0.3 is 0 Å². The van der Waals surface area contributed by atoms with E-state index in [9.17, 15) is 0 Å². The highest BCUT2D eigenvalue weighted by molar-refractivity contribution is 5.80. The van der Waals surface area contributed by atoms with Gasteiger partial charge in [-0.15, -0.1) is 0 Å². The number of nitrogens with zero attached hydrogens (tertiary/aromatic N) is 5. The van der Waals surface area contributed by atoms with Crippen molar-refractivity contribution >= 4 is 23.8 Å². The molecule has 3 aromatic heterocycles. The van der Waals surface area contributed by atoms with Crippen molar-refractivity contribution in [1.29, 1.82) is 0 Å². The summed E-state index contributed by atoms with van der Waals surface area (Å²) in [5.41, 5.74) is 7.10. The maximum absolute atomic E-state index is 5.13. The van der Waals surface area contributed by atoms with Crippen LogP contribution in [0.5, 0.6) is 0 Å². The molecule has 3 heterocycles. The predicted octanol–water partition coefficient (Wildman–Crippen LogP) is 5.77. The topological polar surface area (TPSA) is 45.4 Å². The van der Waals surface area contributed by atoms with Crippen molar-refractivity contribution < 1.29 is 9.24 Å². The minimum Gasteiger partial charge on any atom is -0.264 e. The van der Waals surface area contributed by atoms with Gasteiger partial charge in [-0.25, -0.2) is 4.57 Å². The highest BCUT2D eigenvalue weighted by atomic mass is 15.3. The van der Waals surface area contributed by atoms with Crippen LogP contribution in [0.2, 0.25) is 0 Å². The largest absolute Gasteiger partial charge is 0.303 e. The molecule has 0 saturated heterocycles. The van der Waals surface area contributed by atoms with Crippen molar-refractivity contribution in [2.24, 2.45) is 16.0 Å². The summed E-state index contributed by atoms with van der Waals surface area (Å²) in [5, 5.41) is 4.69. The molecule has 0 spiro atoms. The Morgan fingerprint density at radius 2 is 2.03 bits per heavy atom. The van der Waals surface area contributed by atoms with E-state index in [1.165, 1.54) is 16.7 Å². The molecule has 0 aliphatic heterocycles. The van der Waals surface area contributed by atoms with E-state index >= 15 is 0 Å². The molecule has 0 fully saturated rings. The van der Waals surface area contributed by atoms with E-state index in [4.69, 9.17) is 10.1 Å². The van der Waals surface area contributed by atoms with Gasteiger partial charge in [0.05, 0.1) is 18.8 Å². The molecule has 1 atom stereocenters. The highest BCUT2D eigenvalue weighted by Crippen LogP contribution is 2.21. The fourth-order valence-electron chi connectivity index (χ4n) is 4.45. The molecule has 3 aromatic rings. The van der Waals surface area contributed by atoms with Crippen LogP contribution in [0.25, 0.3) is 6.08 Å². The number of hydrogen-bond acceptors (Lipinski definition) is 3. The summed E-state index contributed by atoms with van der Waals surface area (Å²) in [6, 6.07) is 6.37. The van der Waals surface area contributed by atoms with Gasteiger partial charge in [0.15, 0.2) is 0 Å². The van der Waals surface area contributed by atoms with Crippen LogP contribution < -0.4 is 9.24 Å². The van der Waals surface area contributed by atoms with Crippen molar-refractivity contribution in [1.82, 2.24) is 4.98 Å². The third-order valence-electron chi connectivity index (χ3n) is 6.44. The number of fused-ring (bicyclic) bond motifs is 1. The van der Waals surface area contributed by atoms with Crippen molar-refractivity contribution in [3.05, 3.63) is 89.3 Å². The molecule has 1 aliphatic carbocycles. The molecule has 5 heteroatoms. The van der Waals surface area contributed by atoms with Crippen LogP contribution in [0.15, 0.2) is 71.5 Å². The van der Waals surface area contributed by atoms with Gasteiger partial charge >= 0.3 is 5.84 Å². The maximum atomic E-state index is 5.13. The summed E-state index contributed by atoms with van der Waals surface area (Å²) in [5.74, 6) is 1.71. The normalized spacial score (nSPS) is 15.9. The van der Waals surface area contributed by atoms with Crippen LogP contribution >= 0.6 is 0 Å². The second-order valence-corrected chi connectivity index (χ2v) is 9.52. The summed E-state index contributed by atoms with van der Waals surface area (Å²) >= 11 is 0. The molecule has 0 amide bonds. The average Bonchev–Trinajstić information content (AvgIpc) is 3.05. The molecule has 0 saturated carbocycles. The Hall–Kier alpha value is -3.47. The molecule has 0 N–H and O–H groups in total. The zero-order valence-electron chi connectivity index (χ0n) is 21.5. The first-order chi connectivity index (χ1) is 17.1. The maximum Gasteiger partial charge on any atom is 0.303 e. The van der Waals surface area contributed by atoms with E-state index < -0.39 is 0 Å². The summed E-state index contributed by atoms with van der Waals surface area (Å²) in [6.45, 7) is 8.81. The van der Waals surface area contributed by atoms with E-state index in [0.29, 0.717) is 5.92 Å². The van der Waals surface area contributed by atoms with Gasteiger partial charge in [0.25, 0.3) is 6.20 Å². The Kier molecular flexibility index (Phi) is 8.30. The standard InChI is InChI=1S/C30H37N5/c1-5-8-25-12-15-31-19-28(25)20-32-35-17-13-24(4)29(22-35)33-30(9-6-2)34-16-14-26-11-7-10-23(3)18-27(26)21-34/h7,11-17,19-23H,5-6,8-10,18H2,1-4H3/q+2. The molecule has 0 radical (unpaired) electrons. The minimum atomic E-state index is 0.653. The zero-order chi connectivity index (χ0) is 24.6. The average molecular weight is 468 g/mol. The third-order valence-corrected chi connectivity index (χ3v) is 6.44. The first-order valence-electron chi connectivity index (χ1n) is 12.8. The first kappa shape index (κ1) is 24.6. The van der Waals surface area contributed by atoms with E-state index in [2.05, 4.69) is 80.0 Å². The molecule has 0 bridgehead atoms. The molecule has 180 valence electrons. The van der Waals surface area contributed by atoms with Crippen LogP contribution in [0.4, 0.5) is 5.69 Å². The Bertz CT molecular complexity index is 1260. The second kappa shape index (κ2) is 11.8. The van der Waals surface area contributed by atoms with Gasteiger partial charge in [0.2, 0.25) is 11.9 Å². The van der Waals surface area contributed by atoms with Gasteiger partial charge in [-0.05, 0) is 77.4 Å². The van der Waals surface area contributed by atoms with Gasteiger partial charge in [0.1, 0.15) is 6.21 Å². The van der Waals surface area contributed by atoms with Gasteiger partial charge in [-0.1, -0.05) is 44.0 Å². The van der Waals surface area contributed by atoms with Crippen LogP contribution in [0.3, 0.4) is 0 Å². The van der Waals surface area contributed by atoms with Gasteiger partial charge in [0, 0.05) is 29.6 Å². The lowest BCUT2D eigenvalue weighted by atomic mass is 9.99. The lowest BCUT2D eigenvalue weighted by Gasteiger charge is -2.09. The molecule has 1 unspecified atom stereocenters. The Morgan fingerprint density at radius 3 is 2.86 bits per heavy atom. The number of aliphatic imine (C=N–C) groups is 1. The number of aryl methyl sites for hydroxylation is 2. The van der Waals surface area contributed by atoms with Crippen LogP contribution in [-0.4, -0.2) is 17.0 Å². The number of rotatable bonds is 7.